The van der Waals surface area contributed by atoms with E-state index in [-0.39, 0.29) is 27.7 Å². The van der Waals surface area contributed by atoms with Crippen LogP contribution in [0.3, 0.4) is 0 Å². The lowest BCUT2D eigenvalue weighted by molar-refractivity contribution is -0.113. The number of benzene rings is 1. The fraction of sp³-hybridized carbons (Fsp3) is 0.133. The third-order valence-corrected chi connectivity index (χ3v) is 3.82. The monoisotopic (exact) mass is 354 g/mol. The average Bonchev–Trinajstić information content (AvgIpc) is 2.49. The van der Waals surface area contributed by atoms with Crippen molar-refractivity contribution in [3.05, 3.63) is 52.1 Å². The number of aliphatic hydroxyl groups excluding tert-OH is 1. The summed E-state index contributed by atoms with van der Waals surface area (Å²) in [6.07, 6.45) is 3.49. The van der Waals surface area contributed by atoms with Crippen molar-refractivity contribution in [3.8, 4) is 0 Å². The number of ketones is 2. The van der Waals surface area contributed by atoms with Crippen molar-refractivity contribution in [1.82, 2.24) is 0 Å². The van der Waals surface area contributed by atoms with E-state index in [2.05, 4.69) is 0 Å². The fourth-order valence-corrected chi connectivity index (χ4v) is 2.59. The summed E-state index contributed by atoms with van der Waals surface area (Å²) in [5.74, 6) is -1.52. The Labute approximate surface area is 138 Å². The highest BCUT2D eigenvalue weighted by atomic mass is 35.5. The molecular formula is C15H12ClO6P. The lowest BCUT2D eigenvalue weighted by atomic mass is 9.91. The lowest BCUT2D eigenvalue weighted by Gasteiger charge is -2.14. The minimum atomic E-state index is -1.76. The minimum Gasteiger partial charge on any atom is -0.439 e. The highest BCUT2D eigenvalue weighted by molar-refractivity contribution is 7.33. The molecule has 2 N–H and O–H groups in total. The number of aliphatic hydroxyl groups is 2. The van der Waals surface area contributed by atoms with Crippen molar-refractivity contribution in [3.63, 3.8) is 0 Å². The van der Waals surface area contributed by atoms with Crippen LogP contribution in [0.4, 0.5) is 0 Å². The third kappa shape index (κ3) is 4.12. The zero-order valence-electron chi connectivity index (χ0n) is 11.9. The van der Waals surface area contributed by atoms with E-state index in [0.29, 0.717) is 11.1 Å². The maximum Gasteiger partial charge on any atom is 0.341 e. The molecule has 0 saturated carbocycles. The Morgan fingerprint density at radius 1 is 1.26 bits per heavy atom. The van der Waals surface area contributed by atoms with Gasteiger partial charge in [0.25, 0.3) is 0 Å². The van der Waals surface area contributed by atoms with Gasteiger partial charge in [-0.25, -0.2) is 4.79 Å². The Balaban J connectivity index is 2.45. The van der Waals surface area contributed by atoms with E-state index in [1.807, 2.05) is 0 Å². The Morgan fingerprint density at radius 3 is 2.61 bits per heavy atom. The summed E-state index contributed by atoms with van der Waals surface area (Å²) in [5.41, 5.74) is 0.965. The molecule has 6 nitrogen and oxygen atoms in total. The van der Waals surface area contributed by atoms with Crippen molar-refractivity contribution >= 4 is 43.5 Å². The van der Waals surface area contributed by atoms with Gasteiger partial charge in [0.05, 0.1) is 5.56 Å². The summed E-state index contributed by atoms with van der Waals surface area (Å²) < 4.78 is 4.76. The van der Waals surface area contributed by atoms with Crippen molar-refractivity contribution in [2.24, 2.45) is 0 Å². The average molecular weight is 355 g/mol. The van der Waals surface area contributed by atoms with Crippen LogP contribution in [0, 0.1) is 6.92 Å². The highest BCUT2D eigenvalue weighted by Gasteiger charge is 2.22. The molecular weight excluding hydrogens is 343 g/mol. The van der Waals surface area contributed by atoms with Gasteiger partial charge in [-0.2, -0.15) is 0 Å². The summed E-state index contributed by atoms with van der Waals surface area (Å²) in [7, 11) is -0.847. The molecule has 0 fully saturated rings. The second-order valence-electron chi connectivity index (χ2n) is 4.66. The molecule has 0 aliphatic heterocycles. The van der Waals surface area contributed by atoms with Gasteiger partial charge in [-0.05, 0) is 48.4 Å². The molecule has 0 saturated heterocycles. The van der Waals surface area contributed by atoms with Crippen LogP contribution >= 0.6 is 20.4 Å². The van der Waals surface area contributed by atoms with E-state index in [1.54, 1.807) is 6.92 Å². The Hall–Kier alpha value is -1.85. The first-order valence-electron chi connectivity index (χ1n) is 6.41. The van der Waals surface area contributed by atoms with Crippen molar-refractivity contribution in [1.29, 1.82) is 0 Å². The predicted octanol–water partition coefficient (Wildman–Crippen LogP) is 1.76. The molecule has 0 spiro atoms. The molecule has 0 radical (unpaired) electrons. The molecule has 1 atom stereocenters. The normalized spacial score (nSPS) is 14.7. The predicted molar refractivity (Wildman–Crippen MR) is 85.3 cm³/mol. The second kappa shape index (κ2) is 7.15. The molecule has 2 rings (SSSR count). The van der Waals surface area contributed by atoms with Crippen LogP contribution in [0.15, 0.2) is 30.4 Å². The first kappa shape index (κ1) is 17.5. The number of carbonyl (C=O) groups is 3. The number of halogens is 1. The summed E-state index contributed by atoms with van der Waals surface area (Å²) in [4.78, 5) is 35.5. The van der Waals surface area contributed by atoms with Crippen LogP contribution in [0.5, 0.6) is 0 Å². The van der Waals surface area contributed by atoms with E-state index in [4.69, 9.17) is 26.3 Å². The number of hydrogen-bond donors (Lipinski definition) is 2. The van der Waals surface area contributed by atoms with Gasteiger partial charge in [-0.3, -0.25) is 9.59 Å². The Bertz CT molecular complexity index is 751. The van der Waals surface area contributed by atoms with Gasteiger partial charge in [0.15, 0.2) is 11.6 Å². The minimum absolute atomic E-state index is 0.0800. The summed E-state index contributed by atoms with van der Waals surface area (Å²) in [6, 6.07) is 1.07. The van der Waals surface area contributed by atoms with Gasteiger partial charge in [0, 0.05) is 10.6 Å². The SMILES string of the molecule is Cc1c(C(=O)OPC(O)O)cc(Cl)cc1C1=CC(=O)C=CC1=O. The highest BCUT2D eigenvalue weighted by Crippen LogP contribution is 2.30. The van der Waals surface area contributed by atoms with Crippen LogP contribution in [0.25, 0.3) is 5.57 Å². The lowest BCUT2D eigenvalue weighted by Crippen LogP contribution is -2.11. The van der Waals surface area contributed by atoms with Crippen LogP contribution in [0.1, 0.15) is 21.5 Å². The quantitative estimate of drug-likeness (QED) is 0.485. The molecule has 1 aliphatic carbocycles. The maximum absolute atomic E-state index is 12.0. The molecule has 0 heterocycles. The molecule has 1 aliphatic rings. The van der Waals surface area contributed by atoms with Gasteiger partial charge < -0.3 is 14.7 Å². The Morgan fingerprint density at radius 2 is 1.96 bits per heavy atom. The standard InChI is InChI=1S/C15H12ClO6P/c1-7-10(12-6-9(17)2-3-13(12)18)4-8(16)5-11(7)14(19)22-23-15(20)21/h2-6,15,20-21,23H,1H3. The van der Waals surface area contributed by atoms with Gasteiger partial charge in [0.1, 0.15) is 8.81 Å². The molecule has 0 amide bonds. The fourth-order valence-electron chi connectivity index (χ4n) is 2.05. The topological polar surface area (TPSA) is 101 Å². The van der Waals surface area contributed by atoms with E-state index in [0.717, 1.165) is 12.2 Å². The van der Waals surface area contributed by atoms with Crippen LogP contribution in [-0.2, 0) is 14.1 Å². The molecule has 1 unspecified atom stereocenters. The molecule has 1 aromatic carbocycles. The van der Waals surface area contributed by atoms with Crippen LogP contribution < -0.4 is 0 Å². The summed E-state index contributed by atoms with van der Waals surface area (Å²) >= 11 is 5.99. The molecule has 1 aromatic rings. The van der Waals surface area contributed by atoms with Crippen LogP contribution in [0.2, 0.25) is 5.02 Å². The third-order valence-electron chi connectivity index (χ3n) is 3.09. The second-order valence-corrected chi connectivity index (χ2v) is 6.06. The van der Waals surface area contributed by atoms with Crippen molar-refractivity contribution < 1.29 is 29.1 Å². The molecule has 23 heavy (non-hydrogen) atoms. The maximum atomic E-state index is 12.0. The molecule has 0 aromatic heterocycles. The van der Waals surface area contributed by atoms with Gasteiger partial charge >= 0.3 is 5.97 Å². The van der Waals surface area contributed by atoms with Gasteiger partial charge in [-0.15, -0.1) is 0 Å². The number of rotatable bonds is 4. The van der Waals surface area contributed by atoms with Gasteiger partial charge in [-0.1, -0.05) is 11.6 Å². The zero-order chi connectivity index (χ0) is 17.1. The van der Waals surface area contributed by atoms with Gasteiger partial charge in [0.2, 0.25) is 6.03 Å². The van der Waals surface area contributed by atoms with E-state index in [1.165, 1.54) is 18.2 Å². The van der Waals surface area contributed by atoms with Crippen molar-refractivity contribution in [2.45, 2.75) is 13.0 Å². The number of allylic oxidation sites excluding steroid dienone is 4. The first-order valence-corrected chi connectivity index (χ1v) is 7.77. The zero-order valence-corrected chi connectivity index (χ0v) is 13.6. The number of hydrogen-bond acceptors (Lipinski definition) is 6. The first-order chi connectivity index (χ1) is 10.8. The van der Waals surface area contributed by atoms with Crippen molar-refractivity contribution in [2.75, 3.05) is 0 Å². The summed E-state index contributed by atoms with van der Waals surface area (Å²) in [5, 5.41) is 17.7. The molecule has 8 heteroatoms. The van der Waals surface area contributed by atoms with E-state index >= 15 is 0 Å². The number of carbonyl (C=O) groups excluding carboxylic acids is 3. The largest absolute Gasteiger partial charge is 0.439 e. The van der Waals surface area contributed by atoms with E-state index in [9.17, 15) is 14.4 Å². The molecule has 120 valence electrons. The van der Waals surface area contributed by atoms with E-state index < -0.39 is 20.8 Å². The van der Waals surface area contributed by atoms with Crippen LogP contribution in [-0.4, -0.2) is 33.8 Å². The smallest absolute Gasteiger partial charge is 0.341 e. The Kier molecular flexibility index (Phi) is 5.44. The molecule has 0 bridgehead atoms. The summed E-state index contributed by atoms with van der Waals surface area (Å²) in [6.45, 7) is 1.58.